The van der Waals surface area contributed by atoms with Gasteiger partial charge in [-0.1, -0.05) is 18.2 Å². The number of hydrogen-bond donors (Lipinski definition) is 3. The molecular formula is C20H19N5O3. The summed E-state index contributed by atoms with van der Waals surface area (Å²) in [4.78, 5) is 35.7. The Kier molecular flexibility index (Phi) is 5.50. The number of carbonyl (C=O) groups excluding carboxylic acids is 3. The lowest BCUT2D eigenvalue weighted by atomic mass is 10.2. The molecule has 3 amide bonds. The van der Waals surface area contributed by atoms with Crippen molar-refractivity contribution in [2.75, 3.05) is 17.7 Å². The van der Waals surface area contributed by atoms with Gasteiger partial charge in [-0.25, -0.2) is 4.68 Å². The Morgan fingerprint density at radius 1 is 0.893 bits per heavy atom. The van der Waals surface area contributed by atoms with Gasteiger partial charge in [-0.05, 0) is 36.4 Å². The molecule has 0 saturated carbocycles. The second kappa shape index (κ2) is 8.17. The van der Waals surface area contributed by atoms with E-state index in [1.807, 2.05) is 30.3 Å². The molecule has 3 aromatic rings. The number of amides is 3. The molecule has 0 radical (unpaired) electrons. The van der Waals surface area contributed by atoms with Gasteiger partial charge < -0.3 is 16.0 Å². The van der Waals surface area contributed by atoms with Gasteiger partial charge in [0, 0.05) is 31.3 Å². The zero-order valence-electron chi connectivity index (χ0n) is 15.4. The number of benzene rings is 2. The Morgan fingerprint density at radius 2 is 1.57 bits per heavy atom. The van der Waals surface area contributed by atoms with Gasteiger partial charge in [-0.15, -0.1) is 0 Å². The zero-order valence-corrected chi connectivity index (χ0v) is 15.4. The Bertz CT molecular complexity index is 1010. The highest BCUT2D eigenvalue weighted by atomic mass is 16.2. The number of carbonyl (C=O) groups is 3. The minimum atomic E-state index is -0.436. The van der Waals surface area contributed by atoms with Gasteiger partial charge in [-0.3, -0.25) is 14.4 Å². The molecular weight excluding hydrogens is 358 g/mol. The van der Waals surface area contributed by atoms with Crippen LogP contribution >= 0.6 is 0 Å². The summed E-state index contributed by atoms with van der Waals surface area (Å²) in [6.45, 7) is 1.39. The molecule has 0 unspecified atom stereocenters. The zero-order chi connectivity index (χ0) is 20.1. The minimum absolute atomic E-state index is 0.142. The van der Waals surface area contributed by atoms with E-state index in [0.29, 0.717) is 22.8 Å². The summed E-state index contributed by atoms with van der Waals surface area (Å²) in [6.07, 6.45) is 0. The van der Waals surface area contributed by atoms with Crippen molar-refractivity contribution in [3.8, 4) is 5.69 Å². The van der Waals surface area contributed by atoms with Gasteiger partial charge in [-0.2, -0.15) is 5.10 Å². The van der Waals surface area contributed by atoms with E-state index in [-0.39, 0.29) is 17.5 Å². The van der Waals surface area contributed by atoms with Crippen LogP contribution in [0.15, 0.2) is 60.7 Å². The molecule has 0 fully saturated rings. The molecule has 1 aromatic heterocycles. The lowest BCUT2D eigenvalue weighted by Gasteiger charge is -2.06. The first-order valence-corrected chi connectivity index (χ1v) is 8.54. The Morgan fingerprint density at radius 3 is 2.18 bits per heavy atom. The molecule has 8 nitrogen and oxygen atoms in total. The number of rotatable bonds is 5. The van der Waals surface area contributed by atoms with E-state index in [1.165, 1.54) is 17.7 Å². The number of para-hydroxylation sites is 1. The van der Waals surface area contributed by atoms with Crippen molar-refractivity contribution in [3.05, 3.63) is 71.9 Å². The van der Waals surface area contributed by atoms with Gasteiger partial charge in [0.05, 0.1) is 5.69 Å². The van der Waals surface area contributed by atoms with E-state index < -0.39 is 5.91 Å². The summed E-state index contributed by atoms with van der Waals surface area (Å²) in [6, 6.07) is 17.2. The van der Waals surface area contributed by atoms with Gasteiger partial charge in [0.1, 0.15) is 5.82 Å². The molecule has 0 bridgehead atoms. The fraction of sp³-hybridized carbons (Fsp3) is 0.100. The number of hydrogen-bond acceptors (Lipinski definition) is 4. The highest BCUT2D eigenvalue weighted by Crippen LogP contribution is 2.19. The molecule has 3 rings (SSSR count). The number of anilines is 2. The predicted octanol–water partition coefficient (Wildman–Crippen LogP) is 2.44. The summed E-state index contributed by atoms with van der Waals surface area (Å²) < 4.78 is 1.49. The maximum absolute atomic E-state index is 12.6. The molecule has 0 spiro atoms. The number of nitrogens with one attached hydrogen (secondary N) is 3. The van der Waals surface area contributed by atoms with Crippen LogP contribution in [0.1, 0.15) is 27.8 Å². The van der Waals surface area contributed by atoms with Crippen LogP contribution in [0.25, 0.3) is 5.69 Å². The lowest BCUT2D eigenvalue weighted by molar-refractivity contribution is -0.114. The molecule has 0 aliphatic heterocycles. The first-order valence-electron chi connectivity index (χ1n) is 8.54. The highest BCUT2D eigenvalue weighted by molar-refractivity contribution is 6.04. The molecule has 0 aliphatic rings. The third-order valence-electron chi connectivity index (χ3n) is 3.88. The fourth-order valence-corrected chi connectivity index (χ4v) is 2.57. The van der Waals surface area contributed by atoms with Crippen LogP contribution in [0.3, 0.4) is 0 Å². The first kappa shape index (κ1) is 18.8. The third-order valence-corrected chi connectivity index (χ3v) is 3.88. The molecule has 1 heterocycles. The second-order valence-corrected chi connectivity index (χ2v) is 5.95. The van der Waals surface area contributed by atoms with E-state index in [0.717, 1.165) is 0 Å². The molecule has 0 aliphatic carbocycles. The molecule has 28 heavy (non-hydrogen) atoms. The molecule has 142 valence electrons. The Hall–Kier alpha value is -3.94. The summed E-state index contributed by atoms with van der Waals surface area (Å²) in [5, 5.41) is 12.3. The summed E-state index contributed by atoms with van der Waals surface area (Å²) in [5.74, 6) is -0.527. The minimum Gasteiger partial charge on any atom is -0.355 e. The molecule has 8 heteroatoms. The lowest BCUT2D eigenvalue weighted by Crippen LogP contribution is -2.18. The second-order valence-electron chi connectivity index (χ2n) is 5.95. The van der Waals surface area contributed by atoms with Crippen molar-refractivity contribution in [2.45, 2.75) is 6.92 Å². The molecule has 0 atom stereocenters. The number of aromatic nitrogens is 2. The standard InChI is InChI=1S/C20H19N5O3/c1-13(26)22-18-12-17(24-25(18)16-6-4-3-5-7-16)20(28)23-15-10-8-14(9-11-15)19(27)21-2/h3-12H,1-2H3,(H,21,27)(H,22,26)(H,23,28). The van der Waals surface area contributed by atoms with Gasteiger partial charge >= 0.3 is 0 Å². The van der Waals surface area contributed by atoms with E-state index in [9.17, 15) is 14.4 Å². The van der Waals surface area contributed by atoms with Crippen molar-refractivity contribution in [1.82, 2.24) is 15.1 Å². The van der Waals surface area contributed by atoms with Crippen LogP contribution in [-0.4, -0.2) is 34.5 Å². The fourth-order valence-electron chi connectivity index (χ4n) is 2.57. The van der Waals surface area contributed by atoms with Crippen LogP contribution in [0.4, 0.5) is 11.5 Å². The van der Waals surface area contributed by atoms with Crippen molar-refractivity contribution in [1.29, 1.82) is 0 Å². The molecule has 0 saturated heterocycles. The SMILES string of the molecule is CNC(=O)c1ccc(NC(=O)c2cc(NC(C)=O)n(-c3ccccc3)n2)cc1. The maximum Gasteiger partial charge on any atom is 0.276 e. The van der Waals surface area contributed by atoms with Crippen LogP contribution in [0.2, 0.25) is 0 Å². The summed E-state index contributed by atoms with van der Waals surface area (Å²) in [5.41, 5.74) is 1.86. The molecule has 3 N–H and O–H groups in total. The topological polar surface area (TPSA) is 105 Å². The van der Waals surface area contributed by atoms with Crippen LogP contribution < -0.4 is 16.0 Å². The Balaban J connectivity index is 1.84. The third kappa shape index (κ3) is 4.24. The normalized spacial score (nSPS) is 10.2. The smallest absolute Gasteiger partial charge is 0.276 e. The van der Waals surface area contributed by atoms with Crippen LogP contribution in [0, 0.1) is 0 Å². The van der Waals surface area contributed by atoms with Crippen molar-refractivity contribution >= 4 is 29.2 Å². The van der Waals surface area contributed by atoms with E-state index in [1.54, 1.807) is 31.3 Å². The van der Waals surface area contributed by atoms with Crippen molar-refractivity contribution < 1.29 is 14.4 Å². The first-order chi connectivity index (χ1) is 13.5. The van der Waals surface area contributed by atoms with E-state index in [4.69, 9.17) is 0 Å². The average Bonchev–Trinajstić information content (AvgIpc) is 3.12. The quantitative estimate of drug-likeness (QED) is 0.635. The van der Waals surface area contributed by atoms with Crippen LogP contribution in [0.5, 0.6) is 0 Å². The number of nitrogens with zero attached hydrogens (tertiary/aromatic N) is 2. The average molecular weight is 377 g/mol. The van der Waals surface area contributed by atoms with Gasteiger partial charge in [0.25, 0.3) is 11.8 Å². The monoisotopic (exact) mass is 377 g/mol. The Labute approximate surface area is 161 Å². The van der Waals surface area contributed by atoms with Crippen molar-refractivity contribution in [2.24, 2.45) is 0 Å². The summed E-state index contributed by atoms with van der Waals surface area (Å²) in [7, 11) is 1.55. The van der Waals surface area contributed by atoms with Gasteiger partial charge in [0.15, 0.2) is 5.69 Å². The highest BCUT2D eigenvalue weighted by Gasteiger charge is 2.16. The van der Waals surface area contributed by atoms with Crippen molar-refractivity contribution in [3.63, 3.8) is 0 Å². The molecule has 2 aromatic carbocycles. The predicted molar refractivity (Wildman–Crippen MR) is 106 cm³/mol. The van der Waals surface area contributed by atoms with E-state index in [2.05, 4.69) is 21.0 Å². The van der Waals surface area contributed by atoms with E-state index >= 15 is 0 Å². The maximum atomic E-state index is 12.6. The summed E-state index contributed by atoms with van der Waals surface area (Å²) >= 11 is 0. The van der Waals surface area contributed by atoms with Crippen LogP contribution in [-0.2, 0) is 4.79 Å². The van der Waals surface area contributed by atoms with Gasteiger partial charge in [0.2, 0.25) is 5.91 Å². The largest absolute Gasteiger partial charge is 0.355 e.